The van der Waals surface area contributed by atoms with Gasteiger partial charge in [0.2, 0.25) is 0 Å². The van der Waals surface area contributed by atoms with Crippen LogP contribution in [0, 0.1) is 9.39 Å². The molecule has 2 heterocycles. The van der Waals surface area contributed by atoms with Gasteiger partial charge < -0.3 is 14.2 Å². The monoisotopic (exact) mass is 754 g/mol. The Bertz CT molecular complexity index is 1960. The van der Waals surface area contributed by atoms with E-state index in [0.717, 1.165) is 26.7 Å². The quantitative estimate of drug-likeness (QED) is 0.121. The fourth-order valence-electron chi connectivity index (χ4n) is 5.38. The second-order valence-corrected chi connectivity index (χ2v) is 13.3. The summed E-state index contributed by atoms with van der Waals surface area (Å²) in [5, 5.41) is 0. The summed E-state index contributed by atoms with van der Waals surface area (Å²) in [7, 11) is 1.54. The van der Waals surface area contributed by atoms with Gasteiger partial charge in [-0.1, -0.05) is 81.0 Å². The third-order valence-electron chi connectivity index (χ3n) is 7.69. The summed E-state index contributed by atoms with van der Waals surface area (Å²) in [5.74, 6) is 0.471. The molecule has 10 heteroatoms. The zero-order chi connectivity index (χ0) is 33.0. The van der Waals surface area contributed by atoms with Gasteiger partial charge in [-0.15, -0.1) is 0 Å². The highest BCUT2D eigenvalue weighted by Gasteiger charge is 2.34. The van der Waals surface area contributed by atoms with Crippen molar-refractivity contribution in [1.82, 2.24) is 4.57 Å². The molecule has 1 aliphatic heterocycles. The number of carbonyl (C=O) groups excluding carboxylic acids is 1. The van der Waals surface area contributed by atoms with E-state index in [9.17, 15) is 14.0 Å². The lowest BCUT2D eigenvalue weighted by atomic mass is 9.92. The Balaban J connectivity index is 1.61. The molecule has 0 bridgehead atoms. The molecule has 46 heavy (non-hydrogen) atoms. The molecule has 7 nitrogen and oxygen atoms in total. The van der Waals surface area contributed by atoms with Crippen LogP contribution in [0.3, 0.4) is 0 Å². The smallest absolute Gasteiger partial charge is 0.338 e. The van der Waals surface area contributed by atoms with Gasteiger partial charge in [0.05, 0.1) is 39.1 Å². The summed E-state index contributed by atoms with van der Waals surface area (Å²) in [5.41, 5.74) is 3.91. The van der Waals surface area contributed by atoms with Gasteiger partial charge in [-0.2, -0.15) is 0 Å². The number of fused-ring (bicyclic) bond motifs is 1. The van der Waals surface area contributed by atoms with Crippen LogP contribution in [0.4, 0.5) is 4.39 Å². The molecule has 0 aliphatic carbocycles. The van der Waals surface area contributed by atoms with Crippen LogP contribution >= 0.6 is 33.9 Å². The molecule has 0 spiro atoms. The van der Waals surface area contributed by atoms with Crippen LogP contribution < -0.4 is 24.4 Å². The van der Waals surface area contributed by atoms with Gasteiger partial charge in [0, 0.05) is 5.56 Å². The van der Waals surface area contributed by atoms with E-state index in [1.807, 2.05) is 37.3 Å². The Morgan fingerprint density at radius 3 is 2.52 bits per heavy atom. The molecule has 0 saturated carbocycles. The van der Waals surface area contributed by atoms with E-state index in [1.165, 1.54) is 24.5 Å². The average Bonchev–Trinajstić information content (AvgIpc) is 3.34. The van der Waals surface area contributed by atoms with Gasteiger partial charge in [0.15, 0.2) is 16.3 Å². The summed E-state index contributed by atoms with van der Waals surface area (Å²) in [4.78, 5) is 33.0. The largest absolute Gasteiger partial charge is 0.493 e. The highest BCUT2D eigenvalue weighted by Crippen LogP contribution is 2.36. The van der Waals surface area contributed by atoms with E-state index >= 15 is 0 Å². The van der Waals surface area contributed by atoms with Crippen molar-refractivity contribution in [3.8, 4) is 11.5 Å². The van der Waals surface area contributed by atoms with Crippen molar-refractivity contribution in [2.24, 2.45) is 4.99 Å². The Kier molecular flexibility index (Phi) is 10.8. The molecule has 0 saturated heterocycles. The molecule has 240 valence electrons. The van der Waals surface area contributed by atoms with Gasteiger partial charge in [0.25, 0.3) is 5.56 Å². The average molecular weight is 755 g/mol. The van der Waals surface area contributed by atoms with E-state index in [0.29, 0.717) is 50.0 Å². The number of ether oxygens (including phenoxy) is 3. The Morgan fingerprint density at radius 2 is 1.87 bits per heavy atom. The number of thiazole rings is 1. The molecule has 0 N–H and O–H groups in total. The van der Waals surface area contributed by atoms with E-state index in [4.69, 9.17) is 19.2 Å². The number of nitrogens with zero attached hydrogens (tertiary/aromatic N) is 2. The topological polar surface area (TPSA) is 79.1 Å². The zero-order valence-corrected chi connectivity index (χ0v) is 29.4. The van der Waals surface area contributed by atoms with Crippen molar-refractivity contribution in [2.75, 3.05) is 13.7 Å². The summed E-state index contributed by atoms with van der Waals surface area (Å²) in [6, 6.07) is 17.5. The predicted octanol–water partition coefficient (Wildman–Crippen LogP) is 7.03. The van der Waals surface area contributed by atoms with Crippen molar-refractivity contribution in [1.29, 1.82) is 0 Å². The number of hydrogen-bond donors (Lipinski definition) is 0. The number of hydrogen-bond acceptors (Lipinski definition) is 7. The fourth-order valence-corrected chi connectivity index (χ4v) is 7.18. The number of rotatable bonds is 11. The predicted molar refractivity (Wildman–Crippen MR) is 187 cm³/mol. The molecule has 4 aromatic rings. The highest BCUT2D eigenvalue weighted by atomic mass is 127. The van der Waals surface area contributed by atoms with Crippen LogP contribution in [0.5, 0.6) is 11.5 Å². The second kappa shape index (κ2) is 14.8. The first-order valence-corrected chi connectivity index (χ1v) is 17.1. The third kappa shape index (κ3) is 6.97. The Labute approximate surface area is 285 Å². The summed E-state index contributed by atoms with van der Waals surface area (Å²) in [6.07, 6.45) is 3.14. The fraction of sp³-hybridized carbons (Fsp3) is 0.306. The third-order valence-corrected chi connectivity index (χ3v) is 9.47. The minimum Gasteiger partial charge on any atom is -0.493 e. The lowest BCUT2D eigenvalue weighted by Gasteiger charge is -2.26. The molecule has 0 amide bonds. The van der Waals surface area contributed by atoms with Gasteiger partial charge in [-0.3, -0.25) is 9.36 Å². The van der Waals surface area contributed by atoms with Crippen molar-refractivity contribution in [3.05, 3.63) is 123 Å². The minimum atomic E-state index is -0.677. The van der Waals surface area contributed by atoms with Crippen molar-refractivity contribution < 1.29 is 23.4 Å². The van der Waals surface area contributed by atoms with E-state index in [-0.39, 0.29) is 24.6 Å². The maximum absolute atomic E-state index is 14.2. The van der Waals surface area contributed by atoms with Gasteiger partial charge in [-0.05, 0) is 82.8 Å². The van der Waals surface area contributed by atoms with Crippen molar-refractivity contribution in [3.63, 3.8) is 0 Å². The standard InChI is InChI=1S/C36H36FIN2O5S/c1-6-10-28-31(35(42)44-7-2)32(24-15-13-23(14-16-24)21(3)4)40-34(41)30(46-36(40)39-28)19-22-17-27(38)33(29(18-22)43-5)45-20-25-11-8-9-12-26(25)37/h8-9,11-19,21,32H,6-7,10,20H2,1-5H3/b30-19-/t32-/m0/s1. The van der Waals surface area contributed by atoms with E-state index < -0.39 is 12.0 Å². The molecule has 5 rings (SSSR count). The first-order chi connectivity index (χ1) is 22.2. The molecule has 3 aromatic carbocycles. The SMILES string of the molecule is CCCC1=C(C(=O)OCC)[C@H](c2ccc(C(C)C)cc2)n2c(s/c(=C\c3cc(I)c(OCc4ccccc4F)c(OC)c3)c2=O)=N1. The maximum Gasteiger partial charge on any atom is 0.338 e. The second-order valence-electron chi connectivity index (χ2n) is 11.1. The molecule has 1 aromatic heterocycles. The summed E-state index contributed by atoms with van der Waals surface area (Å²) >= 11 is 3.42. The number of aromatic nitrogens is 1. The maximum atomic E-state index is 14.2. The van der Waals surface area contributed by atoms with E-state index in [1.54, 1.807) is 41.8 Å². The van der Waals surface area contributed by atoms with Gasteiger partial charge >= 0.3 is 5.97 Å². The molecule has 1 aliphatic rings. The summed E-state index contributed by atoms with van der Waals surface area (Å²) in [6.45, 7) is 8.31. The number of carbonyl (C=O) groups is 1. The highest BCUT2D eigenvalue weighted by molar-refractivity contribution is 14.1. The van der Waals surface area contributed by atoms with Crippen molar-refractivity contribution >= 4 is 46.0 Å². The lowest BCUT2D eigenvalue weighted by Crippen LogP contribution is -2.40. The minimum absolute atomic E-state index is 0.0397. The number of methoxy groups -OCH3 is 1. The van der Waals surface area contributed by atoms with Crippen LogP contribution in [-0.2, 0) is 16.1 Å². The molecular formula is C36H36FIN2O5S. The number of benzene rings is 3. The first kappa shape index (κ1) is 33.6. The first-order valence-electron chi connectivity index (χ1n) is 15.2. The normalized spacial score (nSPS) is 14.7. The molecular weight excluding hydrogens is 718 g/mol. The molecule has 0 fully saturated rings. The number of allylic oxidation sites excluding steroid dienone is 1. The summed E-state index contributed by atoms with van der Waals surface area (Å²) < 4.78 is 34.1. The van der Waals surface area contributed by atoms with Crippen LogP contribution in [0.25, 0.3) is 6.08 Å². The lowest BCUT2D eigenvalue weighted by molar-refractivity contribution is -0.139. The molecule has 0 radical (unpaired) electrons. The van der Waals surface area contributed by atoms with Gasteiger partial charge in [-0.25, -0.2) is 14.2 Å². The van der Waals surface area contributed by atoms with Crippen LogP contribution in [-0.4, -0.2) is 24.3 Å². The van der Waals surface area contributed by atoms with Crippen LogP contribution in [0.15, 0.2) is 81.7 Å². The molecule has 1 atom stereocenters. The van der Waals surface area contributed by atoms with Crippen LogP contribution in [0.2, 0.25) is 0 Å². The molecule has 0 unspecified atom stereocenters. The Morgan fingerprint density at radius 1 is 1.13 bits per heavy atom. The zero-order valence-electron chi connectivity index (χ0n) is 26.4. The van der Waals surface area contributed by atoms with Gasteiger partial charge in [0.1, 0.15) is 12.4 Å². The Hall–Kier alpha value is -3.77. The number of halogens is 2. The van der Waals surface area contributed by atoms with Crippen molar-refractivity contribution in [2.45, 2.75) is 59.1 Å². The number of esters is 1. The van der Waals surface area contributed by atoms with E-state index in [2.05, 4.69) is 36.4 Å². The van der Waals surface area contributed by atoms with Crippen LogP contribution in [0.1, 0.15) is 74.8 Å².